The lowest BCUT2D eigenvalue weighted by atomic mass is 9.95. The van der Waals surface area contributed by atoms with E-state index in [-0.39, 0.29) is 11.3 Å². The number of nitrogens with zero attached hydrogens (tertiary/aromatic N) is 2. The molecule has 2 aromatic carbocycles. The molecule has 6 heteroatoms. The third-order valence-electron chi connectivity index (χ3n) is 4.78. The minimum absolute atomic E-state index is 0.100. The summed E-state index contributed by atoms with van der Waals surface area (Å²) < 4.78 is 5.31. The lowest BCUT2D eigenvalue weighted by molar-refractivity contribution is -0.140. The van der Waals surface area contributed by atoms with Gasteiger partial charge in [0.25, 0.3) is 11.7 Å². The number of ketones is 1. The number of Topliss-reactive ketones (excluding diaryl/α,β-unsaturated/α-hetero) is 1. The molecule has 0 spiro atoms. The van der Waals surface area contributed by atoms with Crippen molar-refractivity contribution in [3.63, 3.8) is 0 Å². The zero-order chi connectivity index (χ0) is 20.3. The molecule has 6 nitrogen and oxygen atoms in total. The van der Waals surface area contributed by atoms with Gasteiger partial charge in [0.05, 0.1) is 18.7 Å². The van der Waals surface area contributed by atoms with E-state index in [1.54, 1.807) is 43.5 Å². The second-order valence-corrected chi connectivity index (χ2v) is 6.94. The van der Waals surface area contributed by atoms with Gasteiger partial charge in [-0.05, 0) is 31.8 Å². The van der Waals surface area contributed by atoms with Gasteiger partial charge in [0, 0.05) is 18.7 Å². The predicted octanol–water partition coefficient (Wildman–Crippen LogP) is 2.68. The summed E-state index contributed by atoms with van der Waals surface area (Å²) in [6.07, 6.45) is 0. The average molecular weight is 380 g/mol. The van der Waals surface area contributed by atoms with Crippen LogP contribution in [0.4, 0.5) is 0 Å². The summed E-state index contributed by atoms with van der Waals surface area (Å²) in [5, 5.41) is 10.9. The molecule has 1 fully saturated rings. The fraction of sp³-hybridized carbons (Fsp3) is 0.273. The molecule has 1 unspecified atom stereocenters. The van der Waals surface area contributed by atoms with Gasteiger partial charge in [0.15, 0.2) is 0 Å². The lowest BCUT2D eigenvalue weighted by Gasteiger charge is -2.26. The van der Waals surface area contributed by atoms with Crippen LogP contribution in [0.5, 0.6) is 5.75 Å². The molecule has 1 N–H and O–H groups in total. The SMILES string of the molecule is COc1cccc(C2/C(=C(\O)c3ccccc3)C(=O)C(=O)N2CCN(C)C)c1. The highest BCUT2D eigenvalue weighted by Gasteiger charge is 2.45. The topological polar surface area (TPSA) is 70.1 Å². The summed E-state index contributed by atoms with van der Waals surface area (Å²) in [5.74, 6) is -0.824. The Kier molecular flexibility index (Phi) is 5.80. The maximum atomic E-state index is 12.9. The third kappa shape index (κ3) is 3.77. The number of rotatable bonds is 6. The number of likely N-dealkylation sites (tertiary alicyclic amines) is 1. The van der Waals surface area contributed by atoms with Gasteiger partial charge in [-0.3, -0.25) is 9.59 Å². The first-order valence-corrected chi connectivity index (χ1v) is 9.06. The normalized spacial score (nSPS) is 18.7. The first-order chi connectivity index (χ1) is 13.4. The van der Waals surface area contributed by atoms with Gasteiger partial charge >= 0.3 is 0 Å². The number of carbonyl (C=O) groups is 2. The van der Waals surface area contributed by atoms with Crippen LogP contribution in [-0.4, -0.2) is 60.9 Å². The number of ether oxygens (including phenoxy) is 1. The fourth-order valence-corrected chi connectivity index (χ4v) is 3.33. The molecule has 1 aliphatic heterocycles. The molecular weight excluding hydrogens is 356 g/mol. The Morgan fingerprint density at radius 2 is 1.82 bits per heavy atom. The number of amides is 1. The molecule has 28 heavy (non-hydrogen) atoms. The number of aliphatic hydroxyl groups is 1. The summed E-state index contributed by atoms with van der Waals surface area (Å²) in [6.45, 7) is 0.962. The van der Waals surface area contributed by atoms with Gasteiger partial charge in [-0.2, -0.15) is 0 Å². The van der Waals surface area contributed by atoms with Crippen molar-refractivity contribution >= 4 is 17.4 Å². The maximum absolute atomic E-state index is 12.9. The van der Waals surface area contributed by atoms with Crippen molar-refractivity contribution in [3.8, 4) is 5.75 Å². The van der Waals surface area contributed by atoms with E-state index in [1.165, 1.54) is 4.90 Å². The molecule has 2 aromatic rings. The van der Waals surface area contributed by atoms with E-state index in [9.17, 15) is 14.7 Å². The monoisotopic (exact) mass is 380 g/mol. The molecule has 1 saturated heterocycles. The quantitative estimate of drug-likeness (QED) is 0.474. The van der Waals surface area contributed by atoms with E-state index in [4.69, 9.17) is 4.74 Å². The summed E-state index contributed by atoms with van der Waals surface area (Å²) in [7, 11) is 5.37. The number of carbonyl (C=O) groups excluding carboxylic acids is 2. The minimum Gasteiger partial charge on any atom is -0.507 e. The molecule has 0 aromatic heterocycles. The highest BCUT2D eigenvalue weighted by molar-refractivity contribution is 6.46. The maximum Gasteiger partial charge on any atom is 0.295 e. The summed E-state index contributed by atoms with van der Waals surface area (Å²) in [4.78, 5) is 29.1. The van der Waals surface area contributed by atoms with E-state index >= 15 is 0 Å². The minimum atomic E-state index is -0.673. The van der Waals surface area contributed by atoms with Crippen LogP contribution in [-0.2, 0) is 9.59 Å². The van der Waals surface area contributed by atoms with Crippen LogP contribution in [0.15, 0.2) is 60.2 Å². The van der Waals surface area contributed by atoms with Gasteiger partial charge < -0.3 is 19.6 Å². The summed E-state index contributed by atoms with van der Waals surface area (Å²) in [6, 6.07) is 15.4. The van der Waals surface area contributed by atoms with Crippen LogP contribution >= 0.6 is 0 Å². The van der Waals surface area contributed by atoms with Crippen molar-refractivity contribution in [1.29, 1.82) is 0 Å². The van der Waals surface area contributed by atoms with Crippen molar-refractivity contribution in [2.45, 2.75) is 6.04 Å². The smallest absolute Gasteiger partial charge is 0.295 e. The van der Waals surface area contributed by atoms with Gasteiger partial charge in [0.1, 0.15) is 11.5 Å². The van der Waals surface area contributed by atoms with Crippen LogP contribution in [0.3, 0.4) is 0 Å². The van der Waals surface area contributed by atoms with Crippen molar-refractivity contribution in [1.82, 2.24) is 9.80 Å². The first kappa shape index (κ1) is 19.6. The Labute approximate surface area is 164 Å². The number of likely N-dealkylation sites (N-methyl/N-ethyl adjacent to an activating group) is 1. The van der Waals surface area contributed by atoms with Crippen molar-refractivity contribution < 1.29 is 19.4 Å². The van der Waals surface area contributed by atoms with E-state index in [2.05, 4.69) is 0 Å². The van der Waals surface area contributed by atoms with E-state index in [1.807, 2.05) is 37.2 Å². The van der Waals surface area contributed by atoms with Crippen molar-refractivity contribution in [2.75, 3.05) is 34.3 Å². The lowest BCUT2D eigenvalue weighted by Crippen LogP contribution is -2.35. The van der Waals surface area contributed by atoms with Gasteiger partial charge in [0.2, 0.25) is 0 Å². The van der Waals surface area contributed by atoms with Gasteiger partial charge in [-0.25, -0.2) is 0 Å². The van der Waals surface area contributed by atoms with E-state index in [0.717, 1.165) is 5.56 Å². The number of hydrogen-bond donors (Lipinski definition) is 1. The number of hydrogen-bond acceptors (Lipinski definition) is 5. The molecule has 1 amide bonds. The van der Waals surface area contributed by atoms with Crippen molar-refractivity contribution in [2.24, 2.45) is 0 Å². The van der Waals surface area contributed by atoms with Gasteiger partial charge in [-0.1, -0.05) is 42.5 Å². The standard InChI is InChI=1S/C22H24N2O4/c1-23(2)12-13-24-19(16-10-7-11-17(14-16)28-3)18(21(26)22(24)27)20(25)15-8-5-4-6-9-15/h4-11,14,19,25H,12-13H2,1-3H3/b20-18+. The fourth-order valence-electron chi connectivity index (χ4n) is 3.33. The Hall–Kier alpha value is -3.12. The highest BCUT2D eigenvalue weighted by Crippen LogP contribution is 2.40. The molecule has 0 aliphatic carbocycles. The van der Waals surface area contributed by atoms with Crippen molar-refractivity contribution in [3.05, 3.63) is 71.3 Å². The summed E-state index contributed by atoms with van der Waals surface area (Å²) >= 11 is 0. The zero-order valence-electron chi connectivity index (χ0n) is 16.3. The second kappa shape index (κ2) is 8.27. The molecule has 0 radical (unpaired) electrons. The van der Waals surface area contributed by atoms with Crippen LogP contribution < -0.4 is 4.74 Å². The Morgan fingerprint density at radius 3 is 2.46 bits per heavy atom. The van der Waals surface area contributed by atoms with E-state index in [0.29, 0.717) is 24.4 Å². The zero-order valence-corrected chi connectivity index (χ0v) is 16.3. The average Bonchev–Trinajstić information content (AvgIpc) is 2.97. The second-order valence-electron chi connectivity index (χ2n) is 6.94. The summed E-state index contributed by atoms with van der Waals surface area (Å²) in [5.41, 5.74) is 1.32. The molecule has 1 atom stereocenters. The third-order valence-corrected chi connectivity index (χ3v) is 4.78. The highest BCUT2D eigenvalue weighted by atomic mass is 16.5. The molecule has 1 heterocycles. The number of methoxy groups -OCH3 is 1. The van der Waals surface area contributed by atoms with Crippen LogP contribution in [0, 0.1) is 0 Å². The molecule has 146 valence electrons. The van der Waals surface area contributed by atoms with Gasteiger partial charge in [-0.15, -0.1) is 0 Å². The molecular formula is C22H24N2O4. The largest absolute Gasteiger partial charge is 0.507 e. The van der Waals surface area contributed by atoms with E-state index < -0.39 is 17.7 Å². The van der Waals surface area contributed by atoms with Crippen LogP contribution in [0.1, 0.15) is 17.2 Å². The van der Waals surface area contributed by atoms with Crippen LogP contribution in [0.25, 0.3) is 5.76 Å². The Balaban J connectivity index is 2.15. The molecule has 3 rings (SSSR count). The Morgan fingerprint density at radius 1 is 1.11 bits per heavy atom. The number of benzene rings is 2. The molecule has 0 saturated carbocycles. The molecule has 0 bridgehead atoms. The number of aliphatic hydroxyl groups excluding tert-OH is 1. The Bertz CT molecular complexity index is 906. The molecule has 1 aliphatic rings. The van der Waals surface area contributed by atoms with Crippen LogP contribution in [0.2, 0.25) is 0 Å². The first-order valence-electron chi connectivity index (χ1n) is 9.06. The predicted molar refractivity (Wildman–Crippen MR) is 107 cm³/mol.